The Morgan fingerprint density at radius 2 is 1.73 bits per heavy atom. The molecular weight excluding hydrogens is 348 g/mol. The number of rotatable bonds is 5. The van der Waals surface area contributed by atoms with Gasteiger partial charge in [-0.15, -0.1) is 12.4 Å². The molecule has 26 heavy (non-hydrogen) atoms. The summed E-state index contributed by atoms with van der Waals surface area (Å²) in [5.74, 6) is 1.76. The molecule has 1 saturated heterocycles. The molecule has 2 aromatic carbocycles. The zero-order valence-electron chi connectivity index (χ0n) is 14.8. The fraction of sp³-hybridized carbons (Fsp3) is 0.381. The molecule has 1 N–H and O–H groups in total. The number of hydrogen-bond donors (Lipinski definition) is 1. The van der Waals surface area contributed by atoms with Crippen molar-refractivity contribution in [1.29, 1.82) is 0 Å². The Bertz CT molecular complexity index is 715. The van der Waals surface area contributed by atoms with Gasteiger partial charge in [-0.3, -0.25) is 4.79 Å². The second-order valence-corrected chi connectivity index (χ2v) is 6.87. The molecule has 2 unspecified atom stereocenters. The van der Waals surface area contributed by atoms with E-state index in [9.17, 15) is 4.79 Å². The van der Waals surface area contributed by atoms with Crippen LogP contribution >= 0.6 is 12.4 Å². The molecule has 2 fully saturated rings. The summed E-state index contributed by atoms with van der Waals surface area (Å²) in [4.78, 5) is 14.6. The molecule has 4 rings (SSSR count). The van der Waals surface area contributed by atoms with Gasteiger partial charge in [0.15, 0.2) is 0 Å². The van der Waals surface area contributed by atoms with Crippen molar-refractivity contribution >= 4 is 18.3 Å². The van der Waals surface area contributed by atoms with Gasteiger partial charge in [0, 0.05) is 32.1 Å². The van der Waals surface area contributed by atoms with Crippen LogP contribution in [0, 0.1) is 5.92 Å². The minimum absolute atomic E-state index is 0. The highest BCUT2D eigenvalue weighted by Gasteiger charge is 2.45. The van der Waals surface area contributed by atoms with Crippen molar-refractivity contribution in [1.82, 2.24) is 10.2 Å². The van der Waals surface area contributed by atoms with Crippen molar-refractivity contribution in [3.05, 3.63) is 65.7 Å². The molecule has 2 aliphatic rings. The predicted octanol–water partition coefficient (Wildman–Crippen LogP) is 3.22. The van der Waals surface area contributed by atoms with Crippen LogP contribution in [0.1, 0.15) is 23.5 Å². The molecule has 5 heteroatoms. The van der Waals surface area contributed by atoms with E-state index in [2.05, 4.69) is 29.6 Å². The van der Waals surface area contributed by atoms with Gasteiger partial charge in [0.05, 0.1) is 0 Å². The lowest BCUT2D eigenvalue weighted by Crippen LogP contribution is -2.47. The molecule has 138 valence electrons. The molecule has 0 aromatic heterocycles. The zero-order valence-corrected chi connectivity index (χ0v) is 15.6. The van der Waals surface area contributed by atoms with Gasteiger partial charge in [-0.2, -0.15) is 0 Å². The maximum Gasteiger partial charge on any atom is 0.226 e. The second-order valence-electron chi connectivity index (χ2n) is 6.87. The van der Waals surface area contributed by atoms with E-state index in [0.717, 1.165) is 43.9 Å². The largest absolute Gasteiger partial charge is 0.489 e. The van der Waals surface area contributed by atoms with Crippen LogP contribution in [0.4, 0.5) is 0 Å². The Hall–Kier alpha value is -2.04. The third-order valence-electron chi connectivity index (χ3n) is 5.09. The van der Waals surface area contributed by atoms with Gasteiger partial charge in [0.1, 0.15) is 12.4 Å². The summed E-state index contributed by atoms with van der Waals surface area (Å²) >= 11 is 0. The molecule has 4 nitrogen and oxygen atoms in total. The molecule has 1 saturated carbocycles. The van der Waals surface area contributed by atoms with E-state index >= 15 is 0 Å². The number of amides is 1. The number of carbonyl (C=O) groups excluding carboxylic acids is 1. The Kier molecular flexibility index (Phi) is 6.17. The molecule has 0 bridgehead atoms. The summed E-state index contributed by atoms with van der Waals surface area (Å²) in [5.41, 5.74) is 2.41. The number of nitrogens with zero attached hydrogens (tertiary/aromatic N) is 1. The maximum atomic E-state index is 12.5. The third-order valence-corrected chi connectivity index (χ3v) is 5.09. The Balaban J connectivity index is 0.00000196. The Labute approximate surface area is 160 Å². The number of halogens is 1. The first kappa shape index (κ1) is 18.7. The van der Waals surface area contributed by atoms with E-state index in [-0.39, 0.29) is 18.3 Å². The van der Waals surface area contributed by atoms with Crippen LogP contribution in [0.5, 0.6) is 5.75 Å². The highest BCUT2D eigenvalue weighted by atomic mass is 35.5. The van der Waals surface area contributed by atoms with Crippen molar-refractivity contribution in [3.8, 4) is 5.75 Å². The number of hydrogen-bond acceptors (Lipinski definition) is 3. The number of benzene rings is 2. The Morgan fingerprint density at radius 3 is 2.42 bits per heavy atom. The highest BCUT2D eigenvalue weighted by Crippen LogP contribution is 2.48. The first-order chi connectivity index (χ1) is 12.3. The lowest BCUT2D eigenvalue weighted by atomic mass is 10.1. The van der Waals surface area contributed by atoms with Gasteiger partial charge >= 0.3 is 0 Å². The molecule has 1 aliphatic carbocycles. The fourth-order valence-corrected chi connectivity index (χ4v) is 3.51. The highest BCUT2D eigenvalue weighted by molar-refractivity contribution is 5.85. The van der Waals surface area contributed by atoms with Gasteiger partial charge in [0.2, 0.25) is 5.91 Å². The first-order valence-corrected chi connectivity index (χ1v) is 9.07. The van der Waals surface area contributed by atoms with Gasteiger partial charge in [0.25, 0.3) is 0 Å². The number of ether oxygens (including phenoxy) is 1. The third kappa shape index (κ3) is 4.37. The van der Waals surface area contributed by atoms with E-state index in [1.165, 1.54) is 5.56 Å². The minimum Gasteiger partial charge on any atom is -0.489 e. The van der Waals surface area contributed by atoms with Crippen molar-refractivity contribution in [2.75, 3.05) is 26.2 Å². The van der Waals surface area contributed by atoms with Crippen LogP contribution in [-0.2, 0) is 11.4 Å². The van der Waals surface area contributed by atoms with Crippen LogP contribution in [0.25, 0.3) is 0 Å². The van der Waals surface area contributed by atoms with Crippen molar-refractivity contribution in [3.63, 3.8) is 0 Å². The van der Waals surface area contributed by atoms with Gasteiger partial charge in [-0.25, -0.2) is 0 Å². The summed E-state index contributed by atoms with van der Waals surface area (Å²) in [7, 11) is 0. The molecule has 0 spiro atoms. The van der Waals surface area contributed by atoms with Crippen LogP contribution < -0.4 is 10.1 Å². The lowest BCUT2D eigenvalue weighted by Gasteiger charge is -2.27. The average molecular weight is 373 g/mol. The first-order valence-electron chi connectivity index (χ1n) is 9.07. The van der Waals surface area contributed by atoms with Crippen LogP contribution in [0.15, 0.2) is 54.6 Å². The summed E-state index contributed by atoms with van der Waals surface area (Å²) in [5, 5.41) is 3.29. The number of piperazine rings is 1. The molecule has 0 radical (unpaired) electrons. The quantitative estimate of drug-likeness (QED) is 0.876. The van der Waals surface area contributed by atoms with Crippen molar-refractivity contribution < 1.29 is 9.53 Å². The molecule has 1 heterocycles. The zero-order chi connectivity index (χ0) is 17.1. The van der Waals surface area contributed by atoms with E-state index in [1.54, 1.807) is 0 Å². The van der Waals surface area contributed by atoms with Gasteiger partial charge < -0.3 is 15.0 Å². The number of carbonyl (C=O) groups is 1. The standard InChI is InChI=1S/C21H24N2O2.ClH/c24-21(23-12-10-22-11-13-23)20-14-19(20)17-6-8-18(9-7-17)25-15-16-4-2-1-3-5-16;/h1-9,19-20,22H,10-15H2;1H. The van der Waals surface area contributed by atoms with Crippen LogP contribution in [0.2, 0.25) is 0 Å². The van der Waals surface area contributed by atoms with Crippen LogP contribution in [0.3, 0.4) is 0 Å². The normalized spacial score (nSPS) is 21.6. The van der Waals surface area contributed by atoms with Gasteiger partial charge in [-0.05, 0) is 35.6 Å². The molecule has 1 aliphatic heterocycles. The van der Waals surface area contributed by atoms with Crippen molar-refractivity contribution in [2.45, 2.75) is 18.9 Å². The summed E-state index contributed by atoms with van der Waals surface area (Å²) in [6, 6.07) is 18.4. The number of nitrogens with one attached hydrogen (secondary N) is 1. The van der Waals surface area contributed by atoms with Crippen molar-refractivity contribution in [2.24, 2.45) is 5.92 Å². The topological polar surface area (TPSA) is 41.6 Å². The molecule has 2 atom stereocenters. The summed E-state index contributed by atoms with van der Waals surface area (Å²) in [6.07, 6.45) is 0.979. The smallest absolute Gasteiger partial charge is 0.226 e. The lowest BCUT2D eigenvalue weighted by molar-refractivity contribution is -0.133. The molecular formula is C21H25ClN2O2. The van der Waals surface area contributed by atoms with Crippen LogP contribution in [-0.4, -0.2) is 37.0 Å². The second kappa shape index (κ2) is 8.56. The summed E-state index contributed by atoms with van der Waals surface area (Å²) < 4.78 is 5.83. The van der Waals surface area contributed by atoms with E-state index in [4.69, 9.17) is 4.74 Å². The summed E-state index contributed by atoms with van der Waals surface area (Å²) in [6.45, 7) is 4.09. The average Bonchev–Trinajstić information content (AvgIpc) is 3.48. The molecule has 1 amide bonds. The van der Waals surface area contributed by atoms with Gasteiger partial charge in [-0.1, -0.05) is 42.5 Å². The van der Waals surface area contributed by atoms with E-state index < -0.39 is 0 Å². The maximum absolute atomic E-state index is 12.5. The Morgan fingerprint density at radius 1 is 1.04 bits per heavy atom. The SMILES string of the molecule is Cl.O=C(C1CC1c1ccc(OCc2ccccc2)cc1)N1CCNCC1. The minimum atomic E-state index is 0. The van der Waals surface area contributed by atoms with E-state index in [0.29, 0.717) is 18.4 Å². The molecule has 2 aromatic rings. The predicted molar refractivity (Wildman–Crippen MR) is 105 cm³/mol. The monoisotopic (exact) mass is 372 g/mol. The fourth-order valence-electron chi connectivity index (χ4n) is 3.51. The van der Waals surface area contributed by atoms with E-state index in [1.807, 2.05) is 35.2 Å².